The van der Waals surface area contributed by atoms with E-state index in [2.05, 4.69) is 35.5 Å². The normalized spacial score (nSPS) is 10.6. The lowest BCUT2D eigenvalue weighted by atomic mass is 10.1. The van der Waals surface area contributed by atoms with Gasteiger partial charge in [0.15, 0.2) is 0 Å². The molecule has 0 radical (unpaired) electrons. The number of rotatable bonds is 4. The van der Waals surface area contributed by atoms with Crippen LogP contribution in [-0.2, 0) is 18.3 Å². The monoisotopic (exact) mass is 242 g/mol. The molecule has 18 heavy (non-hydrogen) atoms. The first-order valence-corrected chi connectivity index (χ1v) is 6.05. The van der Waals surface area contributed by atoms with Crippen molar-refractivity contribution in [2.75, 3.05) is 6.54 Å². The van der Waals surface area contributed by atoms with Crippen molar-refractivity contribution >= 4 is 16.8 Å². The lowest BCUT2D eigenvalue weighted by molar-refractivity contribution is -0.120. The maximum atomic E-state index is 11.8. The standard InChI is InChI=1S/C15H18N2O/c1-4-9-16-15(18)10-13-11(2)17(3)14-8-6-5-7-12(13)14/h4-8H,1,9-10H2,2-3H3,(H,16,18). The van der Waals surface area contributed by atoms with E-state index in [1.54, 1.807) is 6.08 Å². The molecule has 0 saturated carbocycles. The van der Waals surface area contributed by atoms with Gasteiger partial charge in [-0.2, -0.15) is 0 Å². The zero-order chi connectivity index (χ0) is 13.1. The Morgan fingerprint density at radius 2 is 2.17 bits per heavy atom. The molecule has 0 unspecified atom stereocenters. The Hall–Kier alpha value is -2.03. The van der Waals surface area contributed by atoms with Crippen LogP contribution in [0.5, 0.6) is 0 Å². The number of amides is 1. The number of carbonyl (C=O) groups excluding carboxylic acids is 1. The highest BCUT2D eigenvalue weighted by molar-refractivity contribution is 5.90. The molecular weight excluding hydrogens is 224 g/mol. The summed E-state index contributed by atoms with van der Waals surface area (Å²) in [6, 6.07) is 8.17. The van der Waals surface area contributed by atoms with Crippen molar-refractivity contribution in [2.45, 2.75) is 13.3 Å². The van der Waals surface area contributed by atoms with Gasteiger partial charge in [0.05, 0.1) is 6.42 Å². The van der Waals surface area contributed by atoms with E-state index in [0.717, 1.165) is 16.6 Å². The van der Waals surface area contributed by atoms with Crippen LogP contribution in [-0.4, -0.2) is 17.0 Å². The van der Waals surface area contributed by atoms with Crippen molar-refractivity contribution in [2.24, 2.45) is 7.05 Å². The van der Waals surface area contributed by atoms with Gasteiger partial charge in [0, 0.05) is 30.2 Å². The summed E-state index contributed by atoms with van der Waals surface area (Å²) in [6.07, 6.45) is 2.11. The van der Waals surface area contributed by atoms with Gasteiger partial charge in [-0.1, -0.05) is 24.3 Å². The molecule has 0 fully saturated rings. The fourth-order valence-electron chi connectivity index (χ4n) is 2.23. The Balaban J connectivity index is 2.36. The third kappa shape index (κ3) is 2.16. The molecule has 0 aliphatic carbocycles. The number of hydrogen-bond donors (Lipinski definition) is 1. The van der Waals surface area contributed by atoms with Crippen LogP contribution < -0.4 is 5.32 Å². The first-order chi connectivity index (χ1) is 8.65. The van der Waals surface area contributed by atoms with E-state index in [1.165, 1.54) is 5.52 Å². The number of aryl methyl sites for hydroxylation is 1. The maximum Gasteiger partial charge on any atom is 0.224 e. The van der Waals surface area contributed by atoms with E-state index >= 15 is 0 Å². The molecule has 0 spiro atoms. The molecule has 1 aromatic carbocycles. The molecular formula is C15H18N2O. The van der Waals surface area contributed by atoms with E-state index in [4.69, 9.17) is 0 Å². The molecule has 0 atom stereocenters. The number of benzene rings is 1. The Labute approximate surface area is 107 Å². The second kappa shape index (κ2) is 5.08. The Morgan fingerprint density at radius 1 is 1.44 bits per heavy atom. The minimum absolute atomic E-state index is 0.0364. The average molecular weight is 242 g/mol. The molecule has 2 rings (SSSR count). The fraction of sp³-hybridized carbons (Fsp3) is 0.267. The summed E-state index contributed by atoms with van der Waals surface area (Å²) in [5.74, 6) is 0.0364. The molecule has 0 aliphatic heterocycles. The molecule has 3 nitrogen and oxygen atoms in total. The molecule has 3 heteroatoms. The van der Waals surface area contributed by atoms with Crippen LogP contribution in [0.4, 0.5) is 0 Å². The first kappa shape index (κ1) is 12.4. The predicted octanol–water partition coefficient (Wildman–Crippen LogP) is 2.33. The summed E-state index contributed by atoms with van der Waals surface area (Å²) in [5.41, 5.74) is 3.42. The molecule has 0 saturated heterocycles. The maximum absolute atomic E-state index is 11.8. The van der Waals surface area contributed by atoms with Crippen LogP contribution in [0.2, 0.25) is 0 Å². The van der Waals surface area contributed by atoms with Crippen molar-refractivity contribution < 1.29 is 4.79 Å². The zero-order valence-corrected chi connectivity index (χ0v) is 10.9. The smallest absolute Gasteiger partial charge is 0.224 e. The predicted molar refractivity (Wildman–Crippen MR) is 74.6 cm³/mol. The van der Waals surface area contributed by atoms with E-state index in [1.807, 2.05) is 19.2 Å². The fourth-order valence-corrected chi connectivity index (χ4v) is 2.23. The molecule has 1 amide bonds. The molecule has 0 bridgehead atoms. The van der Waals surface area contributed by atoms with Crippen LogP contribution in [0.25, 0.3) is 10.9 Å². The quantitative estimate of drug-likeness (QED) is 0.820. The highest BCUT2D eigenvalue weighted by atomic mass is 16.1. The molecule has 0 aliphatic rings. The Bertz CT molecular complexity index is 596. The summed E-state index contributed by atoms with van der Waals surface area (Å²) in [7, 11) is 2.03. The van der Waals surface area contributed by atoms with E-state index in [9.17, 15) is 4.79 Å². The SMILES string of the molecule is C=CCNC(=O)Cc1c(C)n(C)c2ccccc12. The van der Waals surface area contributed by atoms with Crippen LogP contribution >= 0.6 is 0 Å². The second-order valence-corrected chi connectivity index (χ2v) is 4.41. The molecule has 1 N–H and O–H groups in total. The topological polar surface area (TPSA) is 34.0 Å². The van der Waals surface area contributed by atoms with Crippen molar-refractivity contribution in [1.29, 1.82) is 0 Å². The first-order valence-electron chi connectivity index (χ1n) is 6.05. The van der Waals surface area contributed by atoms with Crippen molar-refractivity contribution in [3.8, 4) is 0 Å². The van der Waals surface area contributed by atoms with E-state index < -0.39 is 0 Å². The lowest BCUT2D eigenvalue weighted by Crippen LogP contribution is -2.25. The number of nitrogens with zero attached hydrogens (tertiary/aromatic N) is 1. The van der Waals surface area contributed by atoms with Crippen LogP contribution in [0.3, 0.4) is 0 Å². The molecule has 94 valence electrons. The zero-order valence-electron chi connectivity index (χ0n) is 10.9. The summed E-state index contributed by atoms with van der Waals surface area (Å²) < 4.78 is 2.13. The minimum Gasteiger partial charge on any atom is -0.352 e. The van der Waals surface area contributed by atoms with Crippen molar-refractivity contribution in [1.82, 2.24) is 9.88 Å². The third-order valence-corrected chi connectivity index (χ3v) is 3.31. The van der Waals surface area contributed by atoms with Gasteiger partial charge in [-0.25, -0.2) is 0 Å². The van der Waals surface area contributed by atoms with Crippen LogP contribution in [0, 0.1) is 6.92 Å². The summed E-state index contributed by atoms with van der Waals surface area (Å²) >= 11 is 0. The van der Waals surface area contributed by atoms with E-state index in [-0.39, 0.29) is 5.91 Å². The Morgan fingerprint density at radius 3 is 2.89 bits per heavy atom. The molecule has 1 aromatic heterocycles. The molecule has 1 heterocycles. The lowest BCUT2D eigenvalue weighted by Gasteiger charge is -2.03. The summed E-state index contributed by atoms with van der Waals surface area (Å²) in [5, 5.41) is 3.97. The Kier molecular flexibility index (Phi) is 3.51. The van der Waals surface area contributed by atoms with Gasteiger partial charge in [0.25, 0.3) is 0 Å². The number of fused-ring (bicyclic) bond motifs is 1. The van der Waals surface area contributed by atoms with Crippen molar-refractivity contribution in [3.05, 3.63) is 48.2 Å². The highest BCUT2D eigenvalue weighted by Crippen LogP contribution is 2.24. The largest absolute Gasteiger partial charge is 0.352 e. The van der Waals surface area contributed by atoms with Crippen LogP contribution in [0.15, 0.2) is 36.9 Å². The van der Waals surface area contributed by atoms with Gasteiger partial charge in [0.1, 0.15) is 0 Å². The van der Waals surface area contributed by atoms with Crippen LogP contribution in [0.1, 0.15) is 11.3 Å². The minimum atomic E-state index is 0.0364. The van der Waals surface area contributed by atoms with Gasteiger partial charge in [-0.3, -0.25) is 4.79 Å². The number of nitrogens with one attached hydrogen (secondary N) is 1. The number of para-hydroxylation sites is 1. The number of aromatic nitrogens is 1. The van der Waals surface area contributed by atoms with Gasteiger partial charge < -0.3 is 9.88 Å². The van der Waals surface area contributed by atoms with E-state index in [0.29, 0.717) is 13.0 Å². The molecule has 2 aromatic rings. The summed E-state index contributed by atoms with van der Waals surface area (Å²) in [4.78, 5) is 11.8. The van der Waals surface area contributed by atoms with Gasteiger partial charge in [-0.15, -0.1) is 6.58 Å². The van der Waals surface area contributed by atoms with Gasteiger partial charge >= 0.3 is 0 Å². The van der Waals surface area contributed by atoms with Gasteiger partial charge in [-0.05, 0) is 18.6 Å². The number of carbonyl (C=O) groups is 1. The average Bonchev–Trinajstić information content (AvgIpc) is 2.62. The summed E-state index contributed by atoms with van der Waals surface area (Å²) in [6.45, 7) is 6.16. The second-order valence-electron chi connectivity index (χ2n) is 4.41. The third-order valence-electron chi connectivity index (χ3n) is 3.31. The highest BCUT2D eigenvalue weighted by Gasteiger charge is 2.13. The van der Waals surface area contributed by atoms with Crippen molar-refractivity contribution in [3.63, 3.8) is 0 Å². The van der Waals surface area contributed by atoms with Gasteiger partial charge in [0.2, 0.25) is 5.91 Å². The number of hydrogen-bond acceptors (Lipinski definition) is 1.